The lowest BCUT2D eigenvalue weighted by Gasteiger charge is -2.50. The van der Waals surface area contributed by atoms with Crippen LogP contribution in [0, 0.1) is 5.41 Å². The molecule has 14 heavy (non-hydrogen) atoms. The predicted octanol–water partition coefficient (Wildman–Crippen LogP) is 0.949. The lowest BCUT2D eigenvalue weighted by atomic mass is 9.91. The molecule has 0 atom stereocenters. The molecule has 80 valence electrons. The van der Waals surface area contributed by atoms with Crippen molar-refractivity contribution >= 4 is 5.91 Å². The van der Waals surface area contributed by atoms with Gasteiger partial charge in [-0.25, -0.2) is 0 Å². The molecule has 0 aliphatic carbocycles. The summed E-state index contributed by atoms with van der Waals surface area (Å²) in [5.41, 5.74) is -0.208. The minimum absolute atomic E-state index is 0.208. The number of carbonyl (C=O) groups is 1. The first-order valence-corrected chi connectivity index (χ1v) is 5.52. The van der Waals surface area contributed by atoms with Crippen LogP contribution in [-0.4, -0.2) is 47.9 Å². The number of nitrogens with zero attached hydrogens (tertiary/aromatic N) is 2. The standard InChI is InChI=1S/C11H20N2O/c1-11(2,3)10(14)13-7-9(8-13)12-5-4-6-12/h9H,4-8H2,1-3H3. The van der Waals surface area contributed by atoms with Gasteiger partial charge in [-0.2, -0.15) is 0 Å². The van der Waals surface area contributed by atoms with E-state index in [2.05, 4.69) is 4.90 Å². The molecule has 0 aromatic heterocycles. The molecule has 0 radical (unpaired) electrons. The molecule has 0 bridgehead atoms. The Morgan fingerprint density at radius 2 is 1.79 bits per heavy atom. The Morgan fingerprint density at radius 3 is 2.14 bits per heavy atom. The summed E-state index contributed by atoms with van der Waals surface area (Å²) in [5.74, 6) is 0.300. The zero-order chi connectivity index (χ0) is 10.3. The second kappa shape index (κ2) is 3.23. The van der Waals surface area contributed by atoms with Crippen molar-refractivity contribution < 1.29 is 4.79 Å². The number of hydrogen-bond donors (Lipinski definition) is 0. The fourth-order valence-electron chi connectivity index (χ4n) is 2.03. The van der Waals surface area contributed by atoms with Crippen molar-refractivity contribution in [3.63, 3.8) is 0 Å². The number of likely N-dealkylation sites (tertiary alicyclic amines) is 2. The van der Waals surface area contributed by atoms with Crippen molar-refractivity contribution in [2.24, 2.45) is 5.41 Å². The van der Waals surface area contributed by atoms with Crippen LogP contribution in [0.2, 0.25) is 0 Å². The Morgan fingerprint density at radius 1 is 1.21 bits per heavy atom. The van der Waals surface area contributed by atoms with Gasteiger partial charge in [0.2, 0.25) is 5.91 Å². The summed E-state index contributed by atoms with van der Waals surface area (Å²) in [6.07, 6.45) is 1.34. The highest BCUT2D eigenvalue weighted by Crippen LogP contribution is 2.25. The second-order valence-corrected chi connectivity index (χ2v) is 5.50. The summed E-state index contributed by atoms with van der Waals surface area (Å²) >= 11 is 0. The molecule has 2 rings (SSSR count). The van der Waals surface area contributed by atoms with Gasteiger partial charge < -0.3 is 4.90 Å². The Balaban J connectivity index is 1.79. The molecule has 2 heterocycles. The van der Waals surface area contributed by atoms with Crippen LogP contribution >= 0.6 is 0 Å². The lowest BCUT2D eigenvalue weighted by Crippen LogP contribution is -2.65. The van der Waals surface area contributed by atoms with Gasteiger partial charge in [-0.15, -0.1) is 0 Å². The third-order valence-corrected chi connectivity index (χ3v) is 3.20. The molecule has 0 aromatic carbocycles. The summed E-state index contributed by atoms with van der Waals surface area (Å²) in [5, 5.41) is 0. The maximum absolute atomic E-state index is 11.8. The van der Waals surface area contributed by atoms with Gasteiger partial charge in [0.1, 0.15) is 0 Å². The van der Waals surface area contributed by atoms with Gasteiger partial charge >= 0.3 is 0 Å². The van der Waals surface area contributed by atoms with Crippen molar-refractivity contribution in [2.45, 2.75) is 33.2 Å². The maximum atomic E-state index is 11.8. The molecule has 2 saturated heterocycles. The summed E-state index contributed by atoms with van der Waals surface area (Å²) in [6.45, 7) is 10.4. The van der Waals surface area contributed by atoms with Crippen LogP contribution in [-0.2, 0) is 4.79 Å². The van der Waals surface area contributed by atoms with E-state index >= 15 is 0 Å². The van der Waals surface area contributed by atoms with E-state index in [-0.39, 0.29) is 5.41 Å². The fraction of sp³-hybridized carbons (Fsp3) is 0.909. The van der Waals surface area contributed by atoms with Crippen LogP contribution < -0.4 is 0 Å². The molecule has 3 nitrogen and oxygen atoms in total. The molecule has 0 N–H and O–H groups in total. The normalized spacial score (nSPS) is 24.4. The van der Waals surface area contributed by atoms with Crippen molar-refractivity contribution in [3.05, 3.63) is 0 Å². The topological polar surface area (TPSA) is 23.6 Å². The van der Waals surface area contributed by atoms with Gasteiger partial charge in [0.25, 0.3) is 0 Å². The molecule has 2 aliphatic rings. The highest BCUT2D eigenvalue weighted by molar-refractivity contribution is 5.82. The van der Waals surface area contributed by atoms with Crippen LogP contribution in [0.3, 0.4) is 0 Å². The molecule has 2 fully saturated rings. The summed E-state index contributed by atoms with van der Waals surface area (Å²) < 4.78 is 0. The van der Waals surface area contributed by atoms with E-state index < -0.39 is 0 Å². The van der Waals surface area contributed by atoms with Gasteiger partial charge in [-0.1, -0.05) is 20.8 Å². The smallest absolute Gasteiger partial charge is 0.228 e. The van der Waals surface area contributed by atoms with E-state index in [1.807, 2.05) is 25.7 Å². The van der Waals surface area contributed by atoms with Crippen molar-refractivity contribution in [3.8, 4) is 0 Å². The predicted molar refractivity (Wildman–Crippen MR) is 56.0 cm³/mol. The van der Waals surface area contributed by atoms with E-state index in [1.54, 1.807) is 0 Å². The summed E-state index contributed by atoms with van der Waals surface area (Å²) in [7, 11) is 0. The number of rotatable bonds is 1. The van der Waals surface area contributed by atoms with Gasteiger partial charge in [0.05, 0.1) is 0 Å². The average molecular weight is 196 g/mol. The molecule has 0 aromatic rings. The minimum atomic E-state index is -0.208. The van der Waals surface area contributed by atoms with E-state index in [4.69, 9.17) is 0 Å². The van der Waals surface area contributed by atoms with Crippen LogP contribution in [0.5, 0.6) is 0 Å². The molecule has 2 aliphatic heterocycles. The highest BCUT2D eigenvalue weighted by Gasteiger charge is 2.39. The van der Waals surface area contributed by atoms with Gasteiger partial charge in [-0.3, -0.25) is 9.69 Å². The summed E-state index contributed by atoms with van der Waals surface area (Å²) in [4.78, 5) is 16.3. The first kappa shape index (κ1) is 9.97. The first-order valence-electron chi connectivity index (χ1n) is 5.52. The van der Waals surface area contributed by atoms with Crippen LogP contribution in [0.15, 0.2) is 0 Å². The number of amides is 1. The first-order chi connectivity index (χ1) is 6.48. The third-order valence-electron chi connectivity index (χ3n) is 3.20. The Labute approximate surface area is 86.1 Å². The Bertz CT molecular complexity index is 234. The SMILES string of the molecule is CC(C)(C)C(=O)N1CC(N2CCC2)C1. The molecule has 0 spiro atoms. The maximum Gasteiger partial charge on any atom is 0.228 e. The fourth-order valence-corrected chi connectivity index (χ4v) is 2.03. The molecule has 0 unspecified atom stereocenters. The monoisotopic (exact) mass is 196 g/mol. The summed E-state index contributed by atoms with van der Waals surface area (Å²) in [6, 6.07) is 0.662. The van der Waals surface area contributed by atoms with Crippen molar-refractivity contribution in [1.29, 1.82) is 0 Å². The molecular formula is C11H20N2O. The third kappa shape index (κ3) is 1.65. The quantitative estimate of drug-likeness (QED) is 0.623. The number of carbonyl (C=O) groups excluding carboxylic acids is 1. The van der Waals surface area contributed by atoms with Crippen LogP contribution in [0.1, 0.15) is 27.2 Å². The molecule has 1 amide bonds. The van der Waals surface area contributed by atoms with E-state index in [0.717, 1.165) is 13.1 Å². The highest BCUT2D eigenvalue weighted by atomic mass is 16.2. The van der Waals surface area contributed by atoms with E-state index in [9.17, 15) is 4.79 Å². The Hall–Kier alpha value is -0.570. The zero-order valence-corrected chi connectivity index (χ0v) is 9.42. The minimum Gasteiger partial charge on any atom is -0.339 e. The van der Waals surface area contributed by atoms with E-state index in [1.165, 1.54) is 19.5 Å². The molecular weight excluding hydrogens is 176 g/mol. The lowest BCUT2D eigenvalue weighted by molar-refractivity contribution is -0.148. The van der Waals surface area contributed by atoms with Crippen molar-refractivity contribution in [2.75, 3.05) is 26.2 Å². The molecule has 3 heteroatoms. The average Bonchev–Trinajstić information content (AvgIpc) is 1.88. The van der Waals surface area contributed by atoms with Gasteiger partial charge in [0, 0.05) is 24.5 Å². The van der Waals surface area contributed by atoms with Crippen LogP contribution in [0.4, 0.5) is 0 Å². The van der Waals surface area contributed by atoms with Gasteiger partial charge in [0.15, 0.2) is 0 Å². The second-order valence-electron chi connectivity index (χ2n) is 5.50. The van der Waals surface area contributed by atoms with E-state index in [0.29, 0.717) is 11.9 Å². The number of hydrogen-bond acceptors (Lipinski definition) is 2. The van der Waals surface area contributed by atoms with Crippen LogP contribution in [0.25, 0.3) is 0 Å². The largest absolute Gasteiger partial charge is 0.339 e. The van der Waals surface area contributed by atoms with Gasteiger partial charge in [-0.05, 0) is 19.5 Å². The Kier molecular flexibility index (Phi) is 2.30. The zero-order valence-electron chi connectivity index (χ0n) is 9.42. The van der Waals surface area contributed by atoms with Crippen molar-refractivity contribution in [1.82, 2.24) is 9.80 Å². The molecule has 0 saturated carbocycles.